The van der Waals surface area contributed by atoms with Crippen molar-refractivity contribution in [2.75, 3.05) is 25.5 Å². The van der Waals surface area contributed by atoms with E-state index in [2.05, 4.69) is 5.32 Å². The minimum atomic E-state index is -0.310. The number of aromatic nitrogens is 2. The van der Waals surface area contributed by atoms with Gasteiger partial charge in [0.15, 0.2) is 0 Å². The van der Waals surface area contributed by atoms with E-state index >= 15 is 0 Å². The Hall–Kier alpha value is -4.10. The Morgan fingerprint density at radius 3 is 2.32 bits per heavy atom. The Morgan fingerprint density at radius 1 is 1.00 bits per heavy atom. The number of nitrogens with zero attached hydrogens (tertiary/aromatic N) is 3. The van der Waals surface area contributed by atoms with Crippen molar-refractivity contribution in [3.63, 3.8) is 0 Å². The maximum Gasteiger partial charge on any atom is 0.254 e. The van der Waals surface area contributed by atoms with Crippen LogP contribution in [0.2, 0.25) is 5.02 Å². The van der Waals surface area contributed by atoms with Crippen molar-refractivity contribution in [2.24, 2.45) is 0 Å². The molecule has 0 bridgehead atoms. The van der Waals surface area contributed by atoms with Crippen LogP contribution in [0.25, 0.3) is 16.8 Å². The fourth-order valence-corrected chi connectivity index (χ4v) is 4.35. The zero-order valence-corrected chi connectivity index (χ0v) is 22.5. The summed E-state index contributed by atoms with van der Waals surface area (Å²) >= 11 is 6.00. The summed E-state index contributed by atoms with van der Waals surface area (Å²) in [6.07, 6.45) is 1.68. The number of rotatable bonds is 10. The molecule has 38 heavy (non-hydrogen) atoms. The predicted octanol–water partition coefficient (Wildman–Crippen LogP) is 6.39. The van der Waals surface area contributed by atoms with E-state index in [4.69, 9.17) is 21.4 Å². The first kappa shape index (κ1) is 26.9. The molecule has 0 spiro atoms. The fraction of sp³-hybridized carbons (Fsp3) is 0.233. The number of methoxy groups -OCH3 is 1. The summed E-state index contributed by atoms with van der Waals surface area (Å²) in [7, 11) is 1.61. The second-order valence-corrected chi connectivity index (χ2v) is 9.36. The van der Waals surface area contributed by atoms with Crippen LogP contribution in [0.3, 0.4) is 0 Å². The highest BCUT2D eigenvalue weighted by molar-refractivity contribution is 6.30. The lowest BCUT2D eigenvalue weighted by Gasteiger charge is -2.22. The maximum absolute atomic E-state index is 13.5. The van der Waals surface area contributed by atoms with Crippen molar-refractivity contribution in [2.45, 2.75) is 26.7 Å². The molecule has 4 rings (SSSR count). The van der Waals surface area contributed by atoms with Gasteiger partial charge in [0.05, 0.1) is 18.5 Å². The lowest BCUT2D eigenvalue weighted by molar-refractivity contribution is -0.116. The molecule has 0 aliphatic rings. The summed E-state index contributed by atoms with van der Waals surface area (Å²) in [6, 6.07) is 24.0. The largest absolute Gasteiger partial charge is 0.497 e. The molecule has 2 amide bonds. The molecule has 0 unspecified atom stereocenters. The Labute approximate surface area is 228 Å². The van der Waals surface area contributed by atoms with Crippen LogP contribution < -0.4 is 10.1 Å². The van der Waals surface area contributed by atoms with Crippen molar-refractivity contribution in [3.05, 3.63) is 95.1 Å². The number of hydrogen-bond acceptors (Lipinski definition) is 4. The molecule has 0 atom stereocenters. The molecule has 0 radical (unpaired) electrons. The number of benzene rings is 3. The topological polar surface area (TPSA) is 76.5 Å². The molecular weight excluding hydrogens is 500 g/mol. The monoisotopic (exact) mass is 530 g/mol. The van der Waals surface area contributed by atoms with Crippen molar-refractivity contribution in [1.29, 1.82) is 0 Å². The molecular formula is C30H31ClN4O3. The number of amides is 2. The average Bonchev–Trinajstić information content (AvgIpc) is 3.26. The summed E-state index contributed by atoms with van der Waals surface area (Å²) < 4.78 is 7.01. The highest BCUT2D eigenvalue weighted by atomic mass is 35.5. The van der Waals surface area contributed by atoms with Crippen LogP contribution in [0, 0.1) is 6.92 Å². The van der Waals surface area contributed by atoms with Crippen LogP contribution in [0.1, 0.15) is 35.8 Å². The first-order valence-corrected chi connectivity index (χ1v) is 12.9. The molecule has 1 aromatic heterocycles. The van der Waals surface area contributed by atoms with Crippen LogP contribution in [0.4, 0.5) is 5.82 Å². The third-order valence-corrected chi connectivity index (χ3v) is 6.44. The van der Waals surface area contributed by atoms with Crippen LogP contribution in [0.15, 0.2) is 78.9 Å². The van der Waals surface area contributed by atoms with Gasteiger partial charge >= 0.3 is 0 Å². The molecule has 8 heteroatoms. The van der Waals surface area contributed by atoms with Gasteiger partial charge in [0.2, 0.25) is 5.91 Å². The second kappa shape index (κ2) is 12.4. The molecule has 0 aliphatic carbocycles. The SMILES string of the molecule is CCCCN(CC(=O)Nc1c(-c2ccccc2)c(C)nn1-c1ccc(OC)cc1)C(=O)c1ccc(Cl)cc1. The Balaban J connectivity index is 1.67. The molecule has 4 aromatic rings. The van der Waals surface area contributed by atoms with E-state index in [0.717, 1.165) is 41.1 Å². The summed E-state index contributed by atoms with van der Waals surface area (Å²) in [4.78, 5) is 28.3. The van der Waals surface area contributed by atoms with E-state index < -0.39 is 0 Å². The number of ether oxygens (including phenoxy) is 1. The summed E-state index contributed by atoms with van der Waals surface area (Å²) in [5.74, 6) is 0.737. The van der Waals surface area contributed by atoms with Gasteiger partial charge in [-0.2, -0.15) is 5.10 Å². The normalized spacial score (nSPS) is 10.7. The zero-order chi connectivity index (χ0) is 27.1. The standard InChI is InChI=1S/C30H31ClN4O3/c1-4-5-19-34(30(37)23-11-13-24(31)14-12-23)20-27(36)32-29-28(22-9-7-6-8-10-22)21(2)33-35(29)25-15-17-26(38-3)18-16-25/h6-18H,4-5,19-20H2,1-3H3,(H,32,36). The van der Waals surface area contributed by atoms with Crippen molar-refractivity contribution in [1.82, 2.24) is 14.7 Å². The van der Waals surface area contributed by atoms with Gasteiger partial charge in [-0.15, -0.1) is 0 Å². The summed E-state index contributed by atoms with van der Waals surface area (Å²) in [6.45, 7) is 4.33. The Kier molecular flexibility index (Phi) is 8.81. The van der Waals surface area contributed by atoms with Crippen LogP contribution in [-0.4, -0.2) is 46.7 Å². The van der Waals surface area contributed by atoms with Gasteiger partial charge in [-0.25, -0.2) is 4.68 Å². The highest BCUT2D eigenvalue weighted by Crippen LogP contribution is 2.33. The average molecular weight is 531 g/mol. The molecule has 1 heterocycles. The highest BCUT2D eigenvalue weighted by Gasteiger charge is 2.23. The number of halogens is 1. The van der Waals surface area contributed by atoms with E-state index in [9.17, 15) is 9.59 Å². The third-order valence-electron chi connectivity index (χ3n) is 6.19. The molecule has 0 saturated heterocycles. The van der Waals surface area contributed by atoms with Crippen molar-refractivity contribution in [3.8, 4) is 22.6 Å². The van der Waals surface area contributed by atoms with Gasteiger partial charge in [0, 0.05) is 22.7 Å². The first-order chi connectivity index (χ1) is 18.4. The molecule has 0 aliphatic heterocycles. The lowest BCUT2D eigenvalue weighted by Crippen LogP contribution is -2.39. The van der Waals surface area contributed by atoms with Gasteiger partial charge in [-0.3, -0.25) is 9.59 Å². The number of anilines is 1. The van der Waals surface area contributed by atoms with Gasteiger partial charge < -0.3 is 15.0 Å². The summed E-state index contributed by atoms with van der Waals surface area (Å²) in [5.41, 5.74) is 3.77. The molecule has 7 nitrogen and oxygen atoms in total. The third kappa shape index (κ3) is 6.23. The molecule has 0 fully saturated rings. The van der Waals surface area contributed by atoms with Crippen molar-refractivity contribution >= 4 is 29.2 Å². The molecule has 196 valence electrons. The first-order valence-electron chi connectivity index (χ1n) is 12.6. The number of carbonyl (C=O) groups is 2. The lowest BCUT2D eigenvalue weighted by atomic mass is 10.1. The van der Waals surface area contributed by atoms with Crippen LogP contribution in [0.5, 0.6) is 5.75 Å². The van der Waals surface area contributed by atoms with E-state index in [0.29, 0.717) is 22.9 Å². The minimum Gasteiger partial charge on any atom is -0.497 e. The zero-order valence-electron chi connectivity index (χ0n) is 21.8. The Morgan fingerprint density at radius 2 is 1.68 bits per heavy atom. The van der Waals surface area contributed by atoms with Crippen LogP contribution in [-0.2, 0) is 4.79 Å². The van der Waals surface area contributed by atoms with E-state index in [1.54, 1.807) is 41.0 Å². The predicted molar refractivity (Wildman–Crippen MR) is 151 cm³/mol. The van der Waals surface area contributed by atoms with Gasteiger partial charge in [-0.1, -0.05) is 55.3 Å². The fourth-order valence-electron chi connectivity index (χ4n) is 4.22. The van der Waals surface area contributed by atoms with E-state index in [1.165, 1.54) is 0 Å². The van der Waals surface area contributed by atoms with E-state index in [-0.39, 0.29) is 18.4 Å². The number of carbonyl (C=O) groups excluding carboxylic acids is 2. The maximum atomic E-state index is 13.5. The van der Waals surface area contributed by atoms with Crippen LogP contribution >= 0.6 is 11.6 Å². The Bertz CT molecular complexity index is 1380. The van der Waals surface area contributed by atoms with E-state index in [1.807, 2.05) is 68.4 Å². The molecule has 1 N–H and O–H groups in total. The smallest absolute Gasteiger partial charge is 0.254 e. The number of unbranched alkanes of at least 4 members (excludes halogenated alkanes) is 1. The second-order valence-electron chi connectivity index (χ2n) is 8.92. The molecule has 3 aromatic carbocycles. The number of nitrogens with one attached hydrogen (secondary N) is 1. The quantitative estimate of drug-likeness (QED) is 0.258. The van der Waals surface area contributed by atoms with Crippen molar-refractivity contribution < 1.29 is 14.3 Å². The van der Waals surface area contributed by atoms with Gasteiger partial charge in [0.25, 0.3) is 5.91 Å². The minimum absolute atomic E-state index is 0.0947. The van der Waals surface area contributed by atoms with Gasteiger partial charge in [-0.05, 0) is 67.4 Å². The summed E-state index contributed by atoms with van der Waals surface area (Å²) in [5, 5.41) is 8.37. The van der Waals surface area contributed by atoms with Gasteiger partial charge in [0.1, 0.15) is 18.1 Å². The molecule has 0 saturated carbocycles. The number of aryl methyl sites for hydroxylation is 1. The number of hydrogen-bond donors (Lipinski definition) is 1.